The maximum absolute atomic E-state index is 8.90. The van der Waals surface area contributed by atoms with Crippen LogP contribution in [0.2, 0.25) is 0 Å². The molecule has 0 bridgehead atoms. The molecule has 0 spiro atoms. The van der Waals surface area contributed by atoms with Gasteiger partial charge in [0.1, 0.15) is 0 Å². The molecule has 15 heavy (non-hydrogen) atoms. The molecular weight excluding hydrogens is 190 g/mol. The monoisotopic (exact) mass is 215 g/mol. The predicted octanol–water partition coefficient (Wildman–Crippen LogP) is 1.41. The Kier molecular flexibility index (Phi) is 6.22. The Bertz CT molecular complexity index is 158. The first-order chi connectivity index (χ1) is 7.27. The maximum atomic E-state index is 8.90. The van der Waals surface area contributed by atoms with Gasteiger partial charge in [-0.2, -0.15) is 0 Å². The first-order valence-electron chi connectivity index (χ1n) is 6.19. The summed E-state index contributed by atoms with van der Waals surface area (Å²) in [5, 5.41) is 12.5. The Balaban J connectivity index is 2.16. The molecule has 1 fully saturated rings. The van der Waals surface area contributed by atoms with Crippen molar-refractivity contribution in [2.45, 2.75) is 39.2 Å². The smallest absolute Gasteiger partial charge is 0.0509 e. The largest absolute Gasteiger partial charge is 0.396 e. The Morgan fingerprint density at radius 1 is 1.53 bits per heavy atom. The van der Waals surface area contributed by atoms with Crippen LogP contribution in [0.3, 0.4) is 0 Å². The van der Waals surface area contributed by atoms with E-state index in [0.717, 1.165) is 32.6 Å². The fourth-order valence-corrected chi connectivity index (χ4v) is 2.10. The van der Waals surface area contributed by atoms with Crippen molar-refractivity contribution in [2.75, 3.05) is 26.4 Å². The molecule has 0 aromatic carbocycles. The average molecular weight is 215 g/mol. The molecule has 3 nitrogen and oxygen atoms in total. The van der Waals surface area contributed by atoms with Gasteiger partial charge >= 0.3 is 0 Å². The van der Waals surface area contributed by atoms with Gasteiger partial charge in [0.25, 0.3) is 0 Å². The molecule has 1 heterocycles. The van der Waals surface area contributed by atoms with E-state index in [-0.39, 0.29) is 0 Å². The van der Waals surface area contributed by atoms with Crippen LogP contribution in [0.4, 0.5) is 0 Å². The maximum Gasteiger partial charge on any atom is 0.0509 e. The van der Waals surface area contributed by atoms with E-state index < -0.39 is 0 Å². The first kappa shape index (κ1) is 12.9. The van der Waals surface area contributed by atoms with Crippen molar-refractivity contribution in [2.24, 2.45) is 11.8 Å². The molecule has 3 heteroatoms. The zero-order valence-corrected chi connectivity index (χ0v) is 10.0. The zero-order valence-electron chi connectivity index (χ0n) is 10.0. The highest BCUT2D eigenvalue weighted by Crippen LogP contribution is 2.17. The zero-order chi connectivity index (χ0) is 11.1. The standard InChI is InChI=1S/C12H25NO2/c1-3-11(4-6-14)8-13-10(2)12-5-7-15-9-12/h10-14H,3-9H2,1-2H3. The fraction of sp³-hybridized carbons (Fsp3) is 1.00. The third-order valence-electron chi connectivity index (χ3n) is 3.52. The lowest BCUT2D eigenvalue weighted by Gasteiger charge is -2.22. The lowest BCUT2D eigenvalue weighted by molar-refractivity contribution is 0.176. The molecular formula is C12H25NO2. The molecule has 90 valence electrons. The highest BCUT2D eigenvalue weighted by atomic mass is 16.5. The second-order valence-corrected chi connectivity index (χ2v) is 4.61. The van der Waals surface area contributed by atoms with E-state index >= 15 is 0 Å². The molecule has 2 N–H and O–H groups in total. The predicted molar refractivity (Wildman–Crippen MR) is 61.9 cm³/mol. The van der Waals surface area contributed by atoms with Crippen molar-refractivity contribution < 1.29 is 9.84 Å². The van der Waals surface area contributed by atoms with Gasteiger partial charge in [0.15, 0.2) is 0 Å². The molecule has 0 radical (unpaired) electrons. The molecule has 1 saturated heterocycles. The summed E-state index contributed by atoms with van der Waals surface area (Å²) in [6.07, 6.45) is 3.24. The summed E-state index contributed by atoms with van der Waals surface area (Å²) in [4.78, 5) is 0. The molecule has 0 aromatic heterocycles. The lowest BCUT2D eigenvalue weighted by atomic mass is 9.98. The number of ether oxygens (including phenoxy) is 1. The van der Waals surface area contributed by atoms with Gasteiger partial charge in [-0.1, -0.05) is 13.3 Å². The van der Waals surface area contributed by atoms with Crippen LogP contribution in [0.1, 0.15) is 33.1 Å². The number of hydrogen-bond donors (Lipinski definition) is 2. The number of hydrogen-bond acceptors (Lipinski definition) is 3. The van der Waals surface area contributed by atoms with Crippen LogP contribution < -0.4 is 5.32 Å². The van der Waals surface area contributed by atoms with E-state index in [1.807, 2.05) is 0 Å². The van der Waals surface area contributed by atoms with Gasteiger partial charge in [0.05, 0.1) is 6.61 Å². The summed E-state index contributed by atoms with van der Waals surface area (Å²) < 4.78 is 5.38. The van der Waals surface area contributed by atoms with Crippen molar-refractivity contribution >= 4 is 0 Å². The molecule has 0 aliphatic carbocycles. The van der Waals surface area contributed by atoms with Gasteiger partial charge in [0.2, 0.25) is 0 Å². The average Bonchev–Trinajstić information content (AvgIpc) is 2.77. The van der Waals surface area contributed by atoms with Crippen LogP contribution in [0.5, 0.6) is 0 Å². The van der Waals surface area contributed by atoms with Gasteiger partial charge in [-0.15, -0.1) is 0 Å². The Labute approximate surface area is 93.2 Å². The Morgan fingerprint density at radius 2 is 2.33 bits per heavy atom. The molecule has 0 aromatic rings. The number of aliphatic hydroxyl groups excluding tert-OH is 1. The molecule has 1 aliphatic heterocycles. The first-order valence-corrected chi connectivity index (χ1v) is 6.19. The summed E-state index contributed by atoms with van der Waals surface area (Å²) in [6, 6.07) is 0.542. The van der Waals surface area contributed by atoms with Crippen molar-refractivity contribution in [3.05, 3.63) is 0 Å². The SMILES string of the molecule is CCC(CCO)CNC(C)C1CCOC1. The van der Waals surface area contributed by atoms with E-state index in [1.54, 1.807) is 0 Å². The molecule has 1 rings (SSSR count). The van der Waals surface area contributed by atoms with Crippen LogP contribution >= 0.6 is 0 Å². The second-order valence-electron chi connectivity index (χ2n) is 4.61. The minimum Gasteiger partial charge on any atom is -0.396 e. The van der Waals surface area contributed by atoms with Crippen molar-refractivity contribution in [3.63, 3.8) is 0 Å². The minimum atomic E-state index is 0.307. The third kappa shape index (κ3) is 4.49. The van der Waals surface area contributed by atoms with Gasteiger partial charge in [-0.25, -0.2) is 0 Å². The van der Waals surface area contributed by atoms with Crippen molar-refractivity contribution in [1.29, 1.82) is 0 Å². The van der Waals surface area contributed by atoms with Crippen LogP contribution in [0, 0.1) is 11.8 Å². The lowest BCUT2D eigenvalue weighted by Crippen LogP contribution is -2.37. The van der Waals surface area contributed by atoms with Crippen molar-refractivity contribution in [3.8, 4) is 0 Å². The summed E-state index contributed by atoms with van der Waals surface area (Å²) in [5.41, 5.74) is 0. The highest BCUT2D eigenvalue weighted by molar-refractivity contribution is 4.76. The molecule has 0 saturated carbocycles. The molecule has 1 aliphatic rings. The molecule has 0 amide bonds. The topological polar surface area (TPSA) is 41.5 Å². The summed E-state index contributed by atoms with van der Waals surface area (Å²) in [7, 11) is 0. The Morgan fingerprint density at radius 3 is 2.87 bits per heavy atom. The summed E-state index contributed by atoms with van der Waals surface area (Å²) in [5.74, 6) is 1.29. The summed E-state index contributed by atoms with van der Waals surface area (Å²) in [6.45, 7) is 7.59. The fourth-order valence-electron chi connectivity index (χ4n) is 2.10. The van der Waals surface area contributed by atoms with Crippen LogP contribution in [0.15, 0.2) is 0 Å². The Hall–Kier alpha value is -0.120. The normalized spacial score (nSPS) is 25.4. The van der Waals surface area contributed by atoms with E-state index in [0.29, 0.717) is 24.5 Å². The van der Waals surface area contributed by atoms with Gasteiger partial charge < -0.3 is 15.2 Å². The molecule has 3 unspecified atom stereocenters. The van der Waals surface area contributed by atoms with Crippen LogP contribution in [-0.4, -0.2) is 37.5 Å². The second kappa shape index (κ2) is 7.20. The quantitative estimate of drug-likeness (QED) is 0.674. The number of rotatable bonds is 7. The van der Waals surface area contributed by atoms with Gasteiger partial charge in [0, 0.05) is 19.3 Å². The van der Waals surface area contributed by atoms with Gasteiger partial charge in [-0.05, 0) is 38.1 Å². The van der Waals surface area contributed by atoms with Crippen LogP contribution in [0.25, 0.3) is 0 Å². The van der Waals surface area contributed by atoms with E-state index in [2.05, 4.69) is 19.2 Å². The van der Waals surface area contributed by atoms with E-state index in [9.17, 15) is 0 Å². The number of aliphatic hydroxyl groups is 1. The van der Waals surface area contributed by atoms with Gasteiger partial charge in [-0.3, -0.25) is 0 Å². The molecule has 3 atom stereocenters. The third-order valence-corrected chi connectivity index (χ3v) is 3.52. The van der Waals surface area contributed by atoms with Crippen LogP contribution in [-0.2, 0) is 4.74 Å². The highest BCUT2D eigenvalue weighted by Gasteiger charge is 2.22. The van der Waals surface area contributed by atoms with Crippen molar-refractivity contribution in [1.82, 2.24) is 5.32 Å². The van der Waals surface area contributed by atoms with E-state index in [1.165, 1.54) is 6.42 Å². The van der Waals surface area contributed by atoms with E-state index in [4.69, 9.17) is 9.84 Å². The summed E-state index contributed by atoms with van der Waals surface area (Å²) >= 11 is 0. The number of nitrogens with one attached hydrogen (secondary N) is 1. The minimum absolute atomic E-state index is 0.307.